The second kappa shape index (κ2) is 7.06. The molecule has 4 rings (SSSR count). The van der Waals surface area contributed by atoms with Gasteiger partial charge in [0.25, 0.3) is 0 Å². The highest BCUT2D eigenvalue weighted by atomic mass is 16.7. The molecule has 0 bridgehead atoms. The lowest BCUT2D eigenvalue weighted by atomic mass is 9.77. The number of fused-ring (bicyclic) bond motifs is 1. The average Bonchev–Trinajstić information content (AvgIpc) is 3.08. The van der Waals surface area contributed by atoms with E-state index in [0.29, 0.717) is 18.1 Å². The van der Waals surface area contributed by atoms with Crippen LogP contribution in [0.4, 0.5) is 0 Å². The summed E-state index contributed by atoms with van der Waals surface area (Å²) in [5, 5.41) is 0. The number of hydrogen-bond donors (Lipinski definition) is 0. The smallest absolute Gasteiger partial charge is 0.491 e. The number of pyridine rings is 2. The Morgan fingerprint density at radius 2 is 1.73 bits per heavy atom. The first-order valence-electron chi connectivity index (χ1n) is 10.3. The molecule has 0 aromatic carbocycles. The lowest BCUT2D eigenvalue weighted by Crippen LogP contribution is -2.41. The van der Waals surface area contributed by atoms with Gasteiger partial charge in [0, 0.05) is 24.4 Å². The third-order valence-electron chi connectivity index (χ3n) is 6.08. The number of imidazole rings is 1. The summed E-state index contributed by atoms with van der Waals surface area (Å²) in [6, 6.07) is 4.00. The van der Waals surface area contributed by atoms with Crippen LogP contribution >= 0.6 is 0 Å². The molecule has 0 amide bonds. The Morgan fingerprint density at radius 1 is 1.07 bits per heavy atom. The molecule has 8 heteroatoms. The number of aryl methyl sites for hydroxylation is 3. The van der Waals surface area contributed by atoms with E-state index in [1.54, 1.807) is 0 Å². The molecule has 0 saturated carbocycles. The van der Waals surface area contributed by atoms with Crippen LogP contribution in [0.3, 0.4) is 0 Å². The molecule has 1 aliphatic heterocycles. The number of ether oxygens (including phenoxy) is 1. The quantitative estimate of drug-likeness (QED) is 0.617. The maximum absolute atomic E-state index is 6.25. The normalized spacial score (nSPS) is 17.7. The van der Waals surface area contributed by atoms with Crippen molar-refractivity contribution in [3.63, 3.8) is 0 Å². The molecule has 3 aromatic heterocycles. The summed E-state index contributed by atoms with van der Waals surface area (Å²) < 4.78 is 20.4. The number of rotatable bonds is 4. The zero-order chi connectivity index (χ0) is 21.8. The van der Waals surface area contributed by atoms with Crippen molar-refractivity contribution in [2.75, 3.05) is 6.61 Å². The Hall–Kier alpha value is -2.45. The van der Waals surface area contributed by atoms with Gasteiger partial charge in [0.1, 0.15) is 17.0 Å². The molecule has 0 N–H and O–H groups in total. The fourth-order valence-electron chi connectivity index (χ4n) is 3.62. The van der Waals surface area contributed by atoms with Crippen LogP contribution in [0.25, 0.3) is 22.7 Å². The highest BCUT2D eigenvalue weighted by molar-refractivity contribution is 6.62. The minimum atomic E-state index is -0.500. The minimum Gasteiger partial charge on any atom is -0.491 e. The molecule has 158 valence electrons. The van der Waals surface area contributed by atoms with E-state index in [4.69, 9.17) is 24.0 Å². The Bertz CT molecular complexity index is 1110. The summed E-state index contributed by atoms with van der Waals surface area (Å²) in [4.78, 5) is 14.2. The van der Waals surface area contributed by atoms with Crippen LogP contribution < -0.4 is 10.2 Å². The second-order valence-corrected chi connectivity index (χ2v) is 8.88. The van der Waals surface area contributed by atoms with E-state index < -0.39 is 18.3 Å². The number of aromatic nitrogens is 4. The first kappa shape index (κ1) is 20.8. The highest BCUT2D eigenvalue weighted by Crippen LogP contribution is 2.37. The Balaban J connectivity index is 1.83. The van der Waals surface area contributed by atoms with Crippen LogP contribution in [-0.4, -0.2) is 44.4 Å². The Labute approximate surface area is 177 Å². The van der Waals surface area contributed by atoms with Gasteiger partial charge in [-0.05, 0) is 66.2 Å². The van der Waals surface area contributed by atoms with Gasteiger partial charge in [-0.15, -0.1) is 0 Å². The summed E-state index contributed by atoms with van der Waals surface area (Å²) in [6.07, 6.45) is 1.84. The predicted molar refractivity (Wildman–Crippen MR) is 118 cm³/mol. The first-order chi connectivity index (χ1) is 14.0. The van der Waals surface area contributed by atoms with Crippen LogP contribution in [0, 0.1) is 13.8 Å². The van der Waals surface area contributed by atoms with Gasteiger partial charge in [0.15, 0.2) is 11.5 Å². The van der Waals surface area contributed by atoms with Crippen molar-refractivity contribution in [1.29, 1.82) is 0 Å². The molecule has 1 aliphatic rings. The van der Waals surface area contributed by atoms with Crippen LogP contribution in [0.5, 0.6) is 5.75 Å². The third-order valence-corrected chi connectivity index (χ3v) is 6.08. The topological polar surface area (TPSA) is 71.3 Å². The molecule has 4 heterocycles. The lowest BCUT2D eigenvalue weighted by Gasteiger charge is -2.32. The van der Waals surface area contributed by atoms with Gasteiger partial charge in [0.05, 0.1) is 17.8 Å². The molecule has 7 nitrogen and oxygen atoms in total. The molecule has 1 fully saturated rings. The molecule has 0 spiro atoms. The van der Waals surface area contributed by atoms with Crippen molar-refractivity contribution in [3.8, 4) is 17.3 Å². The molecule has 1 saturated heterocycles. The molecule has 30 heavy (non-hydrogen) atoms. The molecule has 0 unspecified atom stereocenters. The van der Waals surface area contributed by atoms with E-state index in [-0.39, 0.29) is 0 Å². The van der Waals surface area contributed by atoms with E-state index in [2.05, 4.69) is 4.98 Å². The monoisotopic (exact) mass is 408 g/mol. The van der Waals surface area contributed by atoms with Crippen LogP contribution in [-0.2, 0) is 16.4 Å². The van der Waals surface area contributed by atoms with Crippen molar-refractivity contribution >= 4 is 23.7 Å². The fourth-order valence-corrected chi connectivity index (χ4v) is 3.62. The Kier molecular flexibility index (Phi) is 4.90. The van der Waals surface area contributed by atoms with Crippen molar-refractivity contribution in [2.45, 2.75) is 59.7 Å². The van der Waals surface area contributed by atoms with Gasteiger partial charge in [-0.1, -0.05) is 0 Å². The van der Waals surface area contributed by atoms with Crippen LogP contribution in [0.15, 0.2) is 18.3 Å². The molecular formula is C22H29BN4O3. The van der Waals surface area contributed by atoms with E-state index in [1.165, 1.54) is 0 Å². The number of hydrogen-bond acceptors (Lipinski definition) is 6. The first-order valence-corrected chi connectivity index (χ1v) is 10.3. The predicted octanol–water partition coefficient (Wildman–Crippen LogP) is 3.35. The van der Waals surface area contributed by atoms with E-state index >= 15 is 0 Å². The van der Waals surface area contributed by atoms with Gasteiger partial charge in [-0.3, -0.25) is 0 Å². The van der Waals surface area contributed by atoms with Gasteiger partial charge in [0.2, 0.25) is 0 Å². The summed E-state index contributed by atoms with van der Waals surface area (Å²) in [7, 11) is 1.45. The zero-order valence-electron chi connectivity index (χ0n) is 19.0. The van der Waals surface area contributed by atoms with Crippen molar-refractivity contribution in [2.24, 2.45) is 7.05 Å². The van der Waals surface area contributed by atoms with E-state index in [1.807, 2.05) is 78.4 Å². The summed E-state index contributed by atoms with van der Waals surface area (Å²) in [5.41, 5.74) is 4.25. The minimum absolute atomic E-state index is 0.421. The third kappa shape index (κ3) is 3.28. The van der Waals surface area contributed by atoms with Crippen molar-refractivity contribution < 1.29 is 14.0 Å². The van der Waals surface area contributed by atoms with Gasteiger partial charge in [-0.2, -0.15) is 0 Å². The molecule has 0 aliphatic carbocycles. The second-order valence-electron chi connectivity index (χ2n) is 8.88. The fraction of sp³-hybridized carbons (Fsp3) is 0.500. The lowest BCUT2D eigenvalue weighted by molar-refractivity contribution is 0.00578. The molecule has 3 aromatic rings. The number of nitrogens with zero attached hydrogens (tertiary/aromatic N) is 4. The van der Waals surface area contributed by atoms with Gasteiger partial charge >= 0.3 is 7.12 Å². The highest BCUT2D eigenvalue weighted by Gasteiger charge is 2.52. The summed E-state index contributed by atoms with van der Waals surface area (Å²) >= 11 is 0. The van der Waals surface area contributed by atoms with Gasteiger partial charge in [-0.25, -0.2) is 15.0 Å². The van der Waals surface area contributed by atoms with E-state index in [0.717, 1.165) is 33.7 Å². The molecule has 0 radical (unpaired) electrons. The maximum Gasteiger partial charge on any atom is 0.496 e. The Morgan fingerprint density at radius 3 is 2.37 bits per heavy atom. The van der Waals surface area contributed by atoms with Crippen molar-refractivity contribution in [3.05, 3.63) is 29.6 Å². The van der Waals surface area contributed by atoms with Crippen LogP contribution in [0.2, 0.25) is 0 Å². The molecule has 0 atom stereocenters. The summed E-state index contributed by atoms with van der Waals surface area (Å²) in [5.74, 6) is 1.37. The zero-order valence-corrected chi connectivity index (χ0v) is 19.0. The van der Waals surface area contributed by atoms with E-state index in [9.17, 15) is 0 Å². The summed E-state index contributed by atoms with van der Waals surface area (Å²) in [6.45, 7) is 14.6. The largest absolute Gasteiger partial charge is 0.496 e. The standard InChI is InChI=1S/C22H29BN4O3/c1-9-28-17-11-15(23-29-21(4,5)22(6,7)30-23)14(3)25-18(17)20-26-16-10-13(2)12-24-19(16)27(20)8/h10-12H,9H2,1-8H3. The molecular weight excluding hydrogens is 379 g/mol. The maximum atomic E-state index is 6.25. The van der Waals surface area contributed by atoms with Gasteiger partial charge < -0.3 is 18.6 Å². The van der Waals surface area contributed by atoms with Crippen molar-refractivity contribution in [1.82, 2.24) is 19.5 Å². The SMILES string of the molecule is CCOc1cc(B2OC(C)(C)C(C)(C)O2)c(C)nc1-c1nc2cc(C)cnc2n1C. The van der Waals surface area contributed by atoms with Crippen LogP contribution in [0.1, 0.15) is 45.9 Å². The average molecular weight is 408 g/mol.